The number of thiazole rings is 1. The topological polar surface area (TPSA) is 24.9 Å². The molecule has 0 radical (unpaired) electrons. The Morgan fingerprint density at radius 1 is 1.20 bits per heavy atom. The molecule has 20 heavy (non-hydrogen) atoms. The van der Waals surface area contributed by atoms with Crippen LogP contribution in [0.2, 0.25) is 0 Å². The summed E-state index contributed by atoms with van der Waals surface area (Å²) in [5, 5.41) is 4.50. The molecule has 4 heteroatoms. The van der Waals surface area contributed by atoms with Crippen molar-refractivity contribution in [3.05, 3.63) is 58.9 Å². The molecule has 0 bridgehead atoms. The smallest absolute Gasteiger partial charge is 0.124 e. The van der Waals surface area contributed by atoms with Gasteiger partial charge < -0.3 is 5.32 Å². The maximum Gasteiger partial charge on any atom is 0.124 e. The molecular weight excluding hydrogens is 271 g/mol. The van der Waals surface area contributed by atoms with Crippen molar-refractivity contribution < 1.29 is 4.39 Å². The van der Waals surface area contributed by atoms with E-state index in [9.17, 15) is 4.39 Å². The molecule has 0 saturated carbocycles. The number of aromatic nitrogens is 1. The van der Waals surface area contributed by atoms with E-state index in [2.05, 4.69) is 23.5 Å². The minimum atomic E-state index is -0.196. The lowest BCUT2D eigenvalue weighted by atomic mass is 9.91. The number of fused-ring (bicyclic) bond motifs is 2. The Morgan fingerprint density at radius 3 is 3.05 bits per heavy atom. The summed E-state index contributed by atoms with van der Waals surface area (Å²) in [6.45, 7) is 0.950. The number of benzene rings is 2. The summed E-state index contributed by atoms with van der Waals surface area (Å²) in [4.78, 5) is 4.70. The van der Waals surface area contributed by atoms with E-state index in [0.29, 0.717) is 5.92 Å². The maximum atomic E-state index is 13.3. The van der Waals surface area contributed by atoms with Crippen LogP contribution < -0.4 is 5.32 Å². The summed E-state index contributed by atoms with van der Waals surface area (Å²) in [6.07, 6.45) is 1.03. The lowest BCUT2D eigenvalue weighted by molar-refractivity contribution is 0.630. The maximum absolute atomic E-state index is 13.3. The summed E-state index contributed by atoms with van der Waals surface area (Å²) in [5.41, 5.74) is 3.37. The molecule has 3 aromatic rings. The van der Waals surface area contributed by atoms with Crippen LogP contribution in [0.5, 0.6) is 0 Å². The van der Waals surface area contributed by atoms with Crippen molar-refractivity contribution in [3.63, 3.8) is 0 Å². The molecule has 2 heterocycles. The lowest BCUT2D eigenvalue weighted by Crippen LogP contribution is -2.17. The van der Waals surface area contributed by atoms with Crippen molar-refractivity contribution in [1.29, 1.82) is 0 Å². The van der Waals surface area contributed by atoms with E-state index in [4.69, 9.17) is 4.98 Å². The average Bonchev–Trinajstić information content (AvgIpc) is 2.89. The van der Waals surface area contributed by atoms with Crippen molar-refractivity contribution in [1.82, 2.24) is 4.98 Å². The van der Waals surface area contributed by atoms with Gasteiger partial charge in [-0.2, -0.15) is 0 Å². The minimum absolute atomic E-state index is 0.196. The van der Waals surface area contributed by atoms with Crippen LogP contribution in [0.4, 0.5) is 10.1 Å². The largest absolute Gasteiger partial charge is 0.385 e. The van der Waals surface area contributed by atoms with Crippen molar-refractivity contribution >= 4 is 27.2 Å². The SMILES string of the molecule is Fc1ccc2nc(C3CCNc4ccccc43)sc2c1. The molecule has 1 aliphatic heterocycles. The predicted octanol–water partition coefficient (Wildman–Crippen LogP) is 4.38. The van der Waals surface area contributed by atoms with E-state index >= 15 is 0 Å². The first kappa shape index (κ1) is 11.9. The average molecular weight is 284 g/mol. The first-order valence-corrected chi connectivity index (χ1v) is 7.52. The molecule has 1 aliphatic rings. The second-order valence-electron chi connectivity index (χ2n) is 5.02. The van der Waals surface area contributed by atoms with Crippen LogP contribution in [0.1, 0.15) is 22.9 Å². The number of hydrogen-bond donors (Lipinski definition) is 1. The number of hydrogen-bond acceptors (Lipinski definition) is 3. The van der Waals surface area contributed by atoms with Gasteiger partial charge in [-0.1, -0.05) is 18.2 Å². The number of anilines is 1. The molecule has 1 aromatic heterocycles. The Balaban J connectivity index is 1.84. The van der Waals surface area contributed by atoms with Crippen molar-refractivity contribution in [2.24, 2.45) is 0 Å². The number of halogens is 1. The molecule has 1 unspecified atom stereocenters. The quantitative estimate of drug-likeness (QED) is 0.717. The Morgan fingerprint density at radius 2 is 2.10 bits per heavy atom. The summed E-state index contributed by atoms with van der Waals surface area (Å²) >= 11 is 1.60. The van der Waals surface area contributed by atoms with Gasteiger partial charge in [-0.05, 0) is 36.2 Å². The van der Waals surface area contributed by atoms with E-state index in [1.165, 1.54) is 17.3 Å². The van der Waals surface area contributed by atoms with Gasteiger partial charge in [0.15, 0.2) is 0 Å². The van der Waals surface area contributed by atoms with Crippen LogP contribution in [0.15, 0.2) is 42.5 Å². The second kappa shape index (κ2) is 4.56. The van der Waals surface area contributed by atoms with Gasteiger partial charge in [0.25, 0.3) is 0 Å². The summed E-state index contributed by atoms with van der Waals surface area (Å²) in [7, 11) is 0. The van der Waals surface area contributed by atoms with Crippen molar-refractivity contribution in [3.8, 4) is 0 Å². The molecule has 1 atom stereocenters. The zero-order valence-electron chi connectivity index (χ0n) is 10.8. The summed E-state index contributed by atoms with van der Waals surface area (Å²) < 4.78 is 14.2. The molecule has 1 N–H and O–H groups in total. The summed E-state index contributed by atoms with van der Waals surface area (Å²) in [6, 6.07) is 13.2. The van der Waals surface area contributed by atoms with Crippen molar-refractivity contribution in [2.45, 2.75) is 12.3 Å². The van der Waals surface area contributed by atoms with E-state index < -0.39 is 0 Å². The Labute approximate surface area is 120 Å². The number of nitrogens with zero attached hydrogens (tertiary/aromatic N) is 1. The lowest BCUT2D eigenvalue weighted by Gasteiger charge is -2.25. The second-order valence-corrected chi connectivity index (χ2v) is 6.08. The minimum Gasteiger partial charge on any atom is -0.385 e. The van der Waals surface area contributed by atoms with Gasteiger partial charge in [0.1, 0.15) is 10.8 Å². The van der Waals surface area contributed by atoms with Crippen LogP contribution in [-0.4, -0.2) is 11.5 Å². The molecule has 0 saturated heterocycles. The number of nitrogens with one attached hydrogen (secondary N) is 1. The molecule has 100 valence electrons. The fraction of sp³-hybridized carbons (Fsp3) is 0.188. The van der Waals surface area contributed by atoms with Crippen LogP contribution in [0, 0.1) is 5.82 Å². The van der Waals surface area contributed by atoms with E-state index in [-0.39, 0.29) is 5.82 Å². The number of para-hydroxylation sites is 1. The first-order valence-electron chi connectivity index (χ1n) is 6.70. The summed E-state index contributed by atoms with van der Waals surface area (Å²) in [5.74, 6) is 0.117. The molecule has 2 nitrogen and oxygen atoms in total. The molecular formula is C16H13FN2S. The van der Waals surface area contributed by atoms with Gasteiger partial charge in [-0.25, -0.2) is 9.37 Å². The third-order valence-electron chi connectivity index (χ3n) is 3.75. The van der Waals surface area contributed by atoms with Gasteiger partial charge in [-0.3, -0.25) is 0 Å². The fourth-order valence-electron chi connectivity index (χ4n) is 2.79. The highest BCUT2D eigenvalue weighted by atomic mass is 32.1. The van der Waals surface area contributed by atoms with Crippen LogP contribution in [-0.2, 0) is 0 Å². The zero-order chi connectivity index (χ0) is 13.5. The van der Waals surface area contributed by atoms with E-state index in [1.54, 1.807) is 23.5 Å². The Hall–Kier alpha value is -1.94. The van der Waals surface area contributed by atoms with Gasteiger partial charge >= 0.3 is 0 Å². The van der Waals surface area contributed by atoms with E-state index in [1.807, 2.05) is 6.07 Å². The first-order chi connectivity index (χ1) is 9.81. The fourth-order valence-corrected chi connectivity index (χ4v) is 3.94. The molecule has 0 spiro atoms. The highest BCUT2D eigenvalue weighted by Crippen LogP contribution is 2.39. The van der Waals surface area contributed by atoms with Gasteiger partial charge in [0.2, 0.25) is 0 Å². The van der Waals surface area contributed by atoms with Crippen LogP contribution in [0.3, 0.4) is 0 Å². The predicted molar refractivity (Wildman–Crippen MR) is 81.0 cm³/mol. The molecule has 4 rings (SSSR count). The Bertz CT molecular complexity index is 781. The molecule has 2 aromatic carbocycles. The van der Waals surface area contributed by atoms with Gasteiger partial charge in [0, 0.05) is 18.2 Å². The molecule has 0 amide bonds. The van der Waals surface area contributed by atoms with E-state index in [0.717, 1.165) is 28.2 Å². The Kier molecular flexibility index (Phi) is 2.70. The highest BCUT2D eigenvalue weighted by Gasteiger charge is 2.24. The zero-order valence-corrected chi connectivity index (χ0v) is 11.6. The van der Waals surface area contributed by atoms with Gasteiger partial charge in [-0.15, -0.1) is 11.3 Å². The van der Waals surface area contributed by atoms with Crippen molar-refractivity contribution in [2.75, 3.05) is 11.9 Å². The molecule has 0 aliphatic carbocycles. The monoisotopic (exact) mass is 284 g/mol. The van der Waals surface area contributed by atoms with Crippen LogP contribution >= 0.6 is 11.3 Å². The highest BCUT2D eigenvalue weighted by molar-refractivity contribution is 7.18. The standard InChI is InChI=1S/C16H13FN2S/c17-10-5-6-14-15(9-10)20-16(19-14)12-7-8-18-13-4-2-1-3-11(12)13/h1-6,9,12,18H,7-8H2. The number of rotatable bonds is 1. The van der Waals surface area contributed by atoms with Crippen LogP contribution in [0.25, 0.3) is 10.2 Å². The molecule has 0 fully saturated rings. The third-order valence-corrected chi connectivity index (χ3v) is 4.88. The van der Waals surface area contributed by atoms with Gasteiger partial charge in [0.05, 0.1) is 10.2 Å². The third kappa shape index (κ3) is 1.88. The normalized spacial score (nSPS) is 17.8.